The van der Waals surface area contributed by atoms with Gasteiger partial charge in [-0.3, -0.25) is 4.79 Å². The van der Waals surface area contributed by atoms with Crippen LogP contribution in [0.3, 0.4) is 0 Å². The Kier molecular flexibility index (Phi) is 4.94. The SMILES string of the molecule is COCc1cccc(-n2ncc3c(C)n(-c4cccc(OC)c4)c(C)c3c2=O)c1. The summed E-state index contributed by atoms with van der Waals surface area (Å²) in [6.07, 6.45) is 1.76. The van der Waals surface area contributed by atoms with Crippen molar-refractivity contribution in [3.8, 4) is 17.1 Å². The molecule has 0 unspecified atom stereocenters. The molecule has 6 heteroatoms. The summed E-state index contributed by atoms with van der Waals surface area (Å²) in [7, 11) is 3.29. The first kappa shape index (κ1) is 19.0. The average molecular weight is 389 g/mol. The topological polar surface area (TPSA) is 58.3 Å². The van der Waals surface area contributed by atoms with E-state index in [4.69, 9.17) is 9.47 Å². The van der Waals surface area contributed by atoms with Crippen LogP contribution in [0.5, 0.6) is 5.75 Å². The fraction of sp³-hybridized carbons (Fsp3) is 0.217. The number of fused-ring (bicyclic) bond motifs is 1. The van der Waals surface area contributed by atoms with Gasteiger partial charge in [-0.05, 0) is 43.7 Å². The minimum atomic E-state index is -0.140. The summed E-state index contributed by atoms with van der Waals surface area (Å²) in [4.78, 5) is 13.4. The van der Waals surface area contributed by atoms with Crippen molar-refractivity contribution in [2.75, 3.05) is 14.2 Å². The van der Waals surface area contributed by atoms with Crippen LogP contribution >= 0.6 is 0 Å². The monoisotopic (exact) mass is 389 g/mol. The van der Waals surface area contributed by atoms with E-state index in [0.717, 1.165) is 39.5 Å². The van der Waals surface area contributed by atoms with Gasteiger partial charge < -0.3 is 14.0 Å². The van der Waals surface area contributed by atoms with Crippen LogP contribution in [-0.2, 0) is 11.3 Å². The van der Waals surface area contributed by atoms with Gasteiger partial charge in [-0.15, -0.1) is 0 Å². The summed E-state index contributed by atoms with van der Waals surface area (Å²) in [5, 5.41) is 5.96. The molecule has 0 N–H and O–H groups in total. The van der Waals surface area contributed by atoms with Gasteiger partial charge >= 0.3 is 0 Å². The zero-order valence-electron chi connectivity index (χ0n) is 17.0. The van der Waals surface area contributed by atoms with Crippen molar-refractivity contribution >= 4 is 10.8 Å². The Bertz CT molecular complexity index is 1250. The van der Waals surface area contributed by atoms with E-state index in [0.29, 0.717) is 12.0 Å². The number of nitrogens with zero attached hydrogens (tertiary/aromatic N) is 3. The Labute approximate surface area is 168 Å². The standard InChI is InChI=1S/C23H23N3O3/c1-15-21-13-24-26(19-9-5-7-17(11-19)14-28-3)23(27)22(21)16(2)25(15)18-8-6-10-20(12-18)29-4/h5-13H,14H2,1-4H3. The van der Waals surface area contributed by atoms with Crippen LogP contribution in [0.15, 0.2) is 59.5 Å². The van der Waals surface area contributed by atoms with E-state index in [2.05, 4.69) is 9.67 Å². The number of aromatic nitrogens is 3. The van der Waals surface area contributed by atoms with Gasteiger partial charge in [0.05, 0.1) is 31.0 Å². The van der Waals surface area contributed by atoms with Gasteiger partial charge in [-0.2, -0.15) is 9.78 Å². The molecule has 4 rings (SSSR count). The van der Waals surface area contributed by atoms with E-state index in [1.807, 2.05) is 62.4 Å². The first-order valence-corrected chi connectivity index (χ1v) is 9.37. The van der Waals surface area contributed by atoms with Crippen molar-refractivity contribution in [1.82, 2.24) is 14.3 Å². The van der Waals surface area contributed by atoms with E-state index in [9.17, 15) is 4.79 Å². The summed E-state index contributed by atoms with van der Waals surface area (Å²) >= 11 is 0. The highest BCUT2D eigenvalue weighted by atomic mass is 16.5. The van der Waals surface area contributed by atoms with Gasteiger partial charge in [0.15, 0.2) is 0 Å². The molecule has 0 radical (unpaired) electrons. The predicted molar refractivity (Wildman–Crippen MR) is 113 cm³/mol. The van der Waals surface area contributed by atoms with Crippen molar-refractivity contribution in [2.45, 2.75) is 20.5 Å². The normalized spacial score (nSPS) is 11.2. The Morgan fingerprint density at radius 2 is 1.72 bits per heavy atom. The van der Waals surface area contributed by atoms with Crippen molar-refractivity contribution in [3.05, 3.63) is 82.0 Å². The number of rotatable bonds is 5. The molecule has 0 saturated carbocycles. The van der Waals surface area contributed by atoms with Gasteiger partial charge in [0.25, 0.3) is 5.56 Å². The third-order valence-corrected chi connectivity index (χ3v) is 5.18. The van der Waals surface area contributed by atoms with Gasteiger partial charge in [0, 0.05) is 35.6 Å². The molecule has 0 saturated heterocycles. The Balaban J connectivity index is 1.93. The third-order valence-electron chi connectivity index (χ3n) is 5.18. The number of methoxy groups -OCH3 is 2. The highest BCUT2D eigenvalue weighted by Gasteiger charge is 2.18. The maximum Gasteiger partial charge on any atom is 0.281 e. The van der Waals surface area contributed by atoms with Crippen LogP contribution in [0, 0.1) is 13.8 Å². The van der Waals surface area contributed by atoms with Crippen molar-refractivity contribution in [3.63, 3.8) is 0 Å². The molecule has 4 aromatic rings. The second kappa shape index (κ2) is 7.56. The summed E-state index contributed by atoms with van der Waals surface area (Å²) in [6, 6.07) is 15.5. The van der Waals surface area contributed by atoms with Gasteiger partial charge in [0.1, 0.15) is 5.75 Å². The summed E-state index contributed by atoms with van der Waals surface area (Å²) in [5.74, 6) is 0.768. The van der Waals surface area contributed by atoms with Crippen molar-refractivity contribution < 1.29 is 9.47 Å². The molecule has 148 valence electrons. The van der Waals surface area contributed by atoms with Crippen LogP contribution in [0.25, 0.3) is 22.1 Å². The second-order valence-electron chi connectivity index (χ2n) is 6.96. The van der Waals surface area contributed by atoms with Crippen LogP contribution in [0.2, 0.25) is 0 Å². The molecule has 0 atom stereocenters. The molecular weight excluding hydrogens is 366 g/mol. The largest absolute Gasteiger partial charge is 0.497 e. The molecule has 0 aliphatic carbocycles. The van der Waals surface area contributed by atoms with Crippen molar-refractivity contribution in [2.24, 2.45) is 0 Å². The van der Waals surface area contributed by atoms with E-state index in [1.54, 1.807) is 20.4 Å². The lowest BCUT2D eigenvalue weighted by Crippen LogP contribution is -2.21. The second-order valence-corrected chi connectivity index (χ2v) is 6.96. The molecule has 6 nitrogen and oxygen atoms in total. The zero-order chi connectivity index (χ0) is 20.5. The van der Waals surface area contributed by atoms with Crippen LogP contribution in [0.4, 0.5) is 0 Å². The van der Waals surface area contributed by atoms with Crippen molar-refractivity contribution in [1.29, 1.82) is 0 Å². The third kappa shape index (κ3) is 3.21. The number of hydrogen-bond acceptors (Lipinski definition) is 4. The van der Waals surface area contributed by atoms with Gasteiger partial charge in [-0.25, -0.2) is 0 Å². The highest BCUT2D eigenvalue weighted by Crippen LogP contribution is 2.28. The molecule has 29 heavy (non-hydrogen) atoms. The molecule has 2 aromatic heterocycles. The maximum absolute atomic E-state index is 13.4. The molecule has 2 aromatic carbocycles. The molecule has 0 aliphatic heterocycles. The number of benzene rings is 2. The minimum absolute atomic E-state index is 0.140. The van der Waals surface area contributed by atoms with Crippen LogP contribution in [-0.4, -0.2) is 28.6 Å². The zero-order valence-corrected chi connectivity index (χ0v) is 17.0. The number of hydrogen-bond donors (Lipinski definition) is 0. The summed E-state index contributed by atoms with van der Waals surface area (Å²) in [6.45, 7) is 4.44. The molecule has 0 bridgehead atoms. The highest BCUT2D eigenvalue weighted by molar-refractivity contribution is 5.88. The van der Waals surface area contributed by atoms with E-state index in [1.165, 1.54) is 4.68 Å². The minimum Gasteiger partial charge on any atom is -0.497 e. The Morgan fingerprint density at radius 3 is 2.48 bits per heavy atom. The first-order chi connectivity index (χ1) is 14.0. The molecular formula is C23H23N3O3. The quantitative estimate of drug-likeness (QED) is 0.519. The molecule has 0 amide bonds. The van der Waals surface area contributed by atoms with Crippen LogP contribution in [0.1, 0.15) is 17.0 Å². The van der Waals surface area contributed by atoms with Gasteiger partial charge in [-0.1, -0.05) is 18.2 Å². The summed E-state index contributed by atoms with van der Waals surface area (Å²) < 4.78 is 14.1. The summed E-state index contributed by atoms with van der Waals surface area (Å²) in [5.41, 5.74) is 4.36. The molecule has 0 aliphatic rings. The van der Waals surface area contributed by atoms with E-state index in [-0.39, 0.29) is 5.56 Å². The van der Waals surface area contributed by atoms with E-state index < -0.39 is 0 Å². The fourth-order valence-corrected chi connectivity index (χ4v) is 3.83. The first-order valence-electron chi connectivity index (χ1n) is 9.37. The average Bonchev–Trinajstić information content (AvgIpc) is 2.99. The molecule has 0 fully saturated rings. The predicted octanol–water partition coefficient (Wildman–Crippen LogP) is 3.95. The van der Waals surface area contributed by atoms with Crippen LogP contribution < -0.4 is 10.3 Å². The number of ether oxygens (including phenoxy) is 2. The fourth-order valence-electron chi connectivity index (χ4n) is 3.83. The lowest BCUT2D eigenvalue weighted by Gasteiger charge is -2.10. The molecule has 2 heterocycles. The van der Waals surface area contributed by atoms with E-state index >= 15 is 0 Å². The maximum atomic E-state index is 13.4. The van der Waals surface area contributed by atoms with Gasteiger partial charge in [0.2, 0.25) is 0 Å². The smallest absolute Gasteiger partial charge is 0.281 e. The Morgan fingerprint density at radius 1 is 0.966 bits per heavy atom. The molecule has 0 spiro atoms. The number of aryl methyl sites for hydroxylation is 2. The lowest BCUT2D eigenvalue weighted by molar-refractivity contribution is 0.185. The lowest BCUT2D eigenvalue weighted by atomic mass is 10.2. The Hall–Kier alpha value is -3.38.